The van der Waals surface area contributed by atoms with Gasteiger partial charge in [-0.05, 0) is 98.3 Å². The molecule has 2 amide bonds. The summed E-state index contributed by atoms with van der Waals surface area (Å²) in [5.41, 5.74) is 0.744. The second-order valence-corrected chi connectivity index (χ2v) is 13.9. The molecule has 0 spiro atoms. The Balaban J connectivity index is 1.25. The van der Waals surface area contributed by atoms with Crippen molar-refractivity contribution in [2.75, 3.05) is 32.0 Å². The van der Waals surface area contributed by atoms with E-state index in [1.165, 1.54) is 0 Å². The molecular formula is C34H45N5O6. The number of rotatable bonds is 5. The smallest absolute Gasteiger partial charge is 0.419 e. The molecule has 2 fully saturated rings. The lowest BCUT2D eigenvalue weighted by atomic mass is 10.1. The Hall–Kier alpha value is -4.12. The van der Waals surface area contributed by atoms with Crippen LogP contribution in [0.25, 0.3) is 10.9 Å². The Morgan fingerprint density at radius 3 is 2.11 bits per heavy atom. The molecule has 2 aromatic heterocycles. The average Bonchev–Trinajstić information content (AvgIpc) is 3.54. The summed E-state index contributed by atoms with van der Waals surface area (Å²) in [6.07, 6.45) is 4.26. The van der Waals surface area contributed by atoms with Crippen LogP contribution in [0.2, 0.25) is 0 Å². The number of fused-ring (bicyclic) bond motifs is 1. The van der Waals surface area contributed by atoms with Gasteiger partial charge in [-0.3, -0.25) is 9.69 Å². The van der Waals surface area contributed by atoms with Gasteiger partial charge in [0, 0.05) is 54.8 Å². The molecule has 242 valence electrons. The van der Waals surface area contributed by atoms with Crippen LogP contribution in [0.3, 0.4) is 0 Å². The van der Waals surface area contributed by atoms with Crippen molar-refractivity contribution in [1.29, 1.82) is 0 Å². The highest BCUT2D eigenvalue weighted by Crippen LogP contribution is 2.35. The van der Waals surface area contributed by atoms with E-state index in [2.05, 4.69) is 22.2 Å². The van der Waals surface area contributed by atoms with Crippen molar-refractivity contribution >= 4 is 34.8 Å². The maximum atomic E-state index is 13.4. The maximum Gasteiger partial charge on any atom is 0.419 e. The predicted molar refractivity (Wildman–Crippen MR) is 172 cm³/mol. The van der Waals surface area contributed by atoms with Gasteiger partial charge in [0.15, 0.2) is 0 Å². The first-order valence-corrected chi connectivity index (χ1v) is 15.7. The molecule has 11 heteroatoms. The van der Waals surface area contributed by atoms with Gasteiger partial charge in [0.1, 0.15) is 28.9 Å². The molecular weight excluding hydrogens is 574 g/mol. The molecule has 4 heterocycles. The molecule has 3 aromatic rings. The number of hydrogen-bond acceptors (Lipinski definition) is 8. The molecule has 2 saturated heterocycles. The number of hydrogen-bond donors (Lipinski definition) is 1. The third kappa shape index (κ3) is 7.94. The monoisotopic (exact) mass is 619 g/mol. The lowest BCUT2D eigenvalue weighted by Crippen LogP contribution is -2.44. The SMILES string of the molecule is CN1CCC[C@@H]1c1cc2cnc(NC(=O)c3ccc(OC4CCN(C(=O)OC(C)(C)C)CC4)cc3)cc2n1C(=O)OC(C)(C)C. The quantitative estimate of drug-likeness (QED) is 0.339. The number of amides is 2. The minimum absolute atomic E-state index is 0.0329. The molecule has 0 aliphatic carbocycles. The average molecular weight is 620 g/mol. The van der Waals surface area contributed by atoms with Crippen LogP contribution in [0, 0.1) is 0 Å². The highest BCUT2D eigenvalue weighted by molar-refractivity contribution is 6.04. The summed E-state index contributed by atoms with van der Waals surface area (Å²) in [6, 6.07) is 10.7. The van der Waals surface area contributed by atoms with Gasteiger partial charge in [0.05, 0.1) is 11.6 Å². The molecule has 0 saturated carbocycles. The van der Waals surface area contributed by atoms with Crippen LogP contribution in [0.15, 0.2) is 42.6 Å². The number of aromatic nitrogens is 2. The number of piperidine rings is 1. The van der Waals surface area contributed by atoms with E-state index < -0.39 is 17.3 Å². The number of carbonyl (C=O) groups excluding carboxylic acids is 3. The third-order valence-corrected chi connectivity index (χ3v) is 7.91. The molecule has 0 unspecified atom stereocenters. The van der Waals surface area contributed by atoms with Gasteiger partial charge < -0.3 is 24.4 Å². The lowest BCUT2D eigenvalue weighted by molar-refractivity contribution is 0.0126. The molecule has 1 N–H and O–H groups in total. The second-order valence-electron chi connectivity index (χ2n) is 13.9. The van der Waals surface area contributed by atoms with Gasteiger partial charge in [0.2, 0.25) is 0 Å². The first-order chi connectivity index (χ1) is 21.2. The van der Waals surface area contributed by atoms with E-state index in [9.17, 15) is 14.4 Å². The van der Waals surface area contributed by atoms with Gasteiger partial charge in [-0.1, -0.05) is 0 Å². The van der Waals surface area contributed by atoms with Crippen molar-refractivity contribution in [3.63, 3.8) is 0 Å². The van der Waals surface area contributed by atoms with E-state index in [0.29, 0.717) is 48.6 Å². The number of carbonyl (C=O) groups is 3. The Bertz CT molecular complexity index is 1540. The van der Waals surface area contributed by atoms with E-state index in [1.807, 2.05) is 47.6 Å². The number of nitrogens with one attached hydrogen (secondary N) is 1. The fourth-order valence-electron chi connectivity index (χ4n) is 5.78. The van der Waals surface area contributed by atoms with Crippen molar-refractivity contribution < 1.29 is 28.6 Å². The van der Waals surface area contributed by atoms with Gasteiger partial charge in [-0.25, -0.2) is 19.1 Å². The number of likely N-dealkylation sites (tertiary alicyclic amines) is 2. The van der Waals surface area contributed by atoms with E-state index >= 15 is 0 Å². The van der Waals surface area contributed by atoms with Crippen molar-refractivity contribution in [3.8, 4) is 5.75 Å². The van der Waals surface area contributed by atoms with Gasteiger partial charge >= 0.3 is 12.2 Å². The van der Waals surface area contributed by atoms with Gasteiger partial charge in [0.25, 0.3) is 5.91 Å². The number of benzene rings is 1. The summed E-state index contributed by atoms with van der Waals surface area (Å²) >= 11 is 0. The summed E-state index contributed by atoms with van der Waals surface area (Å²) in [4.78, 5) is 47.3. The van der Waals surface area contributed by atoms with Crippen molar-refractivity contribution in [1.82, 2.24) is 19.4 Å². The lowest BCUT2D eigenvalue weighted by Gasteiger charge is -2.33. The van der Waals surface area contributed by atoms with E-state index in [4.69, 9.17) is 14.2 Å². The van der Waals surface area contributed by atoms with Crippen LogP contribution in [-0.2, 0) is 9.47 Å². The van der Waals surface area contributed by atoms with Crippen LogP contribution < -0.4 is 10.1 Å². The van der Waals surface area contributed by atoms with Gasteiger partial charge in [-0.2, -0.15) is 0 Å². The minimum atomic E-state index is -0.663. The topological polar surface area (TPSA) is 115 Å². The fourth-order valence-corrected chi connectivity index (χ4v) is 5.78. The normalized spacial score (nSPS) is 18.2. The van der Waals surface area contributed by atoms with Crippen LogP contribution in [0.1, 0.15) is 89.3 Å². The molecule has 2 aliphatic rings. The van der Waals surface area contributed by atoms with Crippen molar-refractivity contribution in [2.45, 2.75) is 90.6 Å². The minimum Gasteiger partial charge on any atom is -0.490 e. The summed E-state index contributed by atoms with van der Waals surface area (Å²) in [5, 5.41) is 3.67. The van der Waals surface area contributed by atoms with Crippen LogP contribution in [0.4, 0.5) is 15.4 Å². The largest absolute Gasteiger partial charge is 0.490 e. The summed E-state index contributed by atoms with van der Waals surface area (Å²) < 4.78 is 19.0. The zero-order valence-electron chi connectivity index (χ0n) is 27.4. The first-order valence-electron chi connectivity index (χ1n) is 15.7. The Morgan fingerprint density at radius 2 is 1.51 bits per heavy atom. The second kappa shape index (κ2) is 12.7. The van der Waals surface area contributed by atoms with E-state index in [1.54, 1.807) is 46.0 Å². The summed E-state index contributed by atoms with van der Waals surface area (Å²) in [6.45, 7) is 13.2. The van der Waals surface area contributed by atoms with Crippen LogP contribution >= 0.6 is 0 Å². The summed E-state index contributed by atoms with van der Waals surface area (Å²) in [5.74, 6) is 0.658. The fraction of sp³-hybridized carbons (Fsp3) is 0.529. The number of ether oxygens (including phenoxy) is 3. The van der Waals surface area contributed by atoms with E-state index in [0.717, 1.165) is 30.5 Å². The number of nitrogens with zero attached hydrogens (tertiary/aromatic N) is 4. The molecule has 0 bridgehead atoms. The molecule has 5 rings (SSSR count). The Labute approximate surface area is 264 Å². The Kier molecular flexibility index (Phi) is 9.11. The van der Waals surface area contributed by atoms with Crippen molar-refractivity contribution in [2.24, 2.45) is 0 Å². The molecule has 1 aromatic carbocycles. The highest BCUT2D eigenvalue weighted by Gasteiger charge is 2.31. The standard InChI is InChI=1S/C34H45N5O6/c1-33(2,3)44-31(41)38-17-14-25(15-18-38)43-24-12-10-22(11-13-24)30(40)36-29-20-27-23(21-35-29)19-28(26-9-8-16-37(26)7)39(27)32(42)45-34(4,5)6/h10-13,19-21,25-26H,8-9,14-18H2,1-7H3,(H,35,36,40)/t26-/m1/s1. The molecule has 1 atom stereocenters. The van der Waals surface area contributed by atoms with Gasteiger partial charge in [-0.15, -0.1) is 0 Å². The first kappa shape index (κ1) is 32.3. The summed E-state index contributed by atoms with van der Waals surface area (Å²) in [7, 11) is 2.06. The van der Waals surface area contributed by atoms with Crippen molar-refractivity contribution in [3.05, 3.63) is 53.9 Å². The molecule has 11 nitrogen and oxygen atoms in total. The zero-order chi connectivity index (χ0) is 32.5. The zero-order valence-corrected chi connectivity index (χ0v) is 27.4. The predicted octanol–water partition coefficient (Wildman–Crippen LogP) is 6.62. The van der Waals surface area contributed by atoms with Crippen LogP contribution in [-0.4, -0.2) is 81.4 Å². The maximum absolute atomic E-state index is 13.4. The molecule has 45 heavy (non-hydrogen) atoms. The highest BCUT2D eigenvalue weighted by atomic mass is 16.6. The van der Waals surface area contributed by atoms with Crippen LogP contribution in [0.5, 0.6) is 5.75 Å². The number of pyridine rings is 1. The molecule has 2 aliphatic heterocycles. The molecule has 0 radical (unpaired) electrons. The Morgan fingerprint density at radius 1 is 0.867 bits per heavy atom. The third-order valence-electron chi connectivity index (χ3n) is 7.91. The number of anilines is 1. The van der Waals surface area contributed by atoms with E-state index in [-0.39, 0.29) is 24.1 Å².